The molecule has 7 nitrogen and oxygen atoms in total. The molecule has 3 rings (SSSR count). The van der Waals surface area contributed by atoms with Crippen LogP contribution >= 0.6 is 0 Å². The number of piperidine rings is 1. The maximum Gasteiger partial charge on any atom is 0.325 e. The molecule has 0 aromatic heterocycles. The monoisotopic (exact) mass is 420 g/mol. The fraction of sp³-hybridized carbons (Fsp3) is 0.870. The molecule has 1 spiro atoms. The molecule has 2 N–H and O–H groups in total. The minimum atomic E-state index is -0.843. The summed E-state index contributed by atoms with van der Waals surface area (Å²) in [6, 6.07) is -0.431. The zero-order chi connectivity index (χ0) is 21.9. The van der Waals surface area contributed by atoms with Gasteiger partial charge >= 0.3 is 6.03 Å². The number of carbonyl (C=O) groups excluding carboxylic acids is 3. The summed E-state index contributed by atoms with van der Waals surface area (Å²) in [6.45, 7) is 12.6. The SMILES string of the molecule is CC1CCN(CCCCNC(=O)CN2C(=O)NC3(CC(C)CC(C)(C)C3)C2=O)CC1. The normalized spacial score (nSPS) is 30.0. The number of amides is 4. The Balaban J connectivity index is 1.41. The molecule has 0 aromatic rings. The predicted octanol–water partition coefficient (Wildman–Crippen LogP) is 2.75. The van der Waals surface area contributed by atoms with Crippen molar-refractivity contribution in [3.8, 4) is 0 Å². The van der Waals surface area contributed by atoms with Gasteiger partial charge in [0.25, 0.3) is 5.91 Å². The Kier molecular flexibility index (Phi) is 7.10. The van der Waals surface area contributed by atoms with Crippen LogP contribution < -0.4 is 10.6 Å². The Morgan fingerprint density at radius 3 is 2.47 bits per heavy atom. The van der Waals surface area contributed by atoms with Crippen molar-refractivity contribution in [3.63, 3.8) is 0 Å². The first-order chi connectivity index (χ1) is 14.1. The van der Waals surface area contributed by atoms with Crippen LogP contribution in [-0.2, 0) is 9.59 Å². The van der Waals surface area contributed by atoms with Gasteiger partial charge < -0.3 is 15.5 Å². The molecule has 1 aliphatic carbocycles. The molecule has 2 heterocycles. The second-order valence-electron chi connectivity index (χ2n) is 10.8. The third-order valence-corrected chi connectivity index (χ3v) is 7.03. The highest BCUT2D eigenvalue weighted by atomic mass is 16.2. The minimum absolute atomic E-state index is 0.00866. The first-order valence-electron chi connectivity index (χ1n) is 11.7. The lowest BCUT2D eigenvalue weighted by Gasteiger charge is -2.43. The molecule has 0 aromatic carbocycles. The van der Waals surface area contributed by atoms with Crippen molar-refractivity contribution in [1.29, 1.82) is 0 Å². The van der Waals surface area contributed by atoms with Crippen LogP contribution in [-0.4, -0.2) is 65.9 Å². The molecule has 2 unspecified atom stereocenters. The van der Waals surface area contributed by atoms with Gasteiger partial charge in [-0.25, -0.2) is 4.79 Å². The number of hydrogen-bond acceptors (Lipinski definition) is 4. The second-order valence-corrected chi connectivity index (χ2v) is 10.8. The number of hydrogen-bond donors (Lipinski definition) is 2. The Bertz CT molecular complexity index is 657. The summed E-state index contributed by atoms with van der Waals surface area (Å²) in [5, 5.41) is 5.81. The highest BCUT2D eigenvalue weighted by Crippen LogP contribution is 2.46. The van der Waals surface area contributed by atoms with E-state index in [2.05, 4.69) is 43.2 Å². The van der Waals surface area contributed by atoms with Crippen LogP contribution in [0.5, 0.6) is 0 Å². The molecule has 0 radical (unpaired) electrons. The van der Waals surface area contributed by atoms with Gasteiger partial charge in [0.15, 0.2) is 0 Å². The molecule has 2 aliphatic heterocycles. The van der Waals surface area contributed by atoms with Crippen molar-refractivity contribution in [2.24, 2.45) is 17.3 Å². The lowest BCUT2D eigenvalue weighted by molar-refractivity contribution is -0.137. The predicted molar refractivity (Wildman–Crippen MR) is 117 cm³/mol. The second kappa shape index (κ2) is 9.25. The van der Waals surface area contributed by atoms with Crippen LogP contribution in [0.15, 0.2) is 0 Å². The number of rotatable bonds is 7. The number of nitrogens with one attached hydrogen (secondary N) is 2. The highest BCUT2D eigenvalue weighted by molar-refractivity contribution is 6.09. The summed E-state index contributed by atoms with van der Waals surface area (Å²) in [5.74, 6) is 0.704. The molecule has 3 aliphatic rings. The van der Waals surface area contributed by atoms with Gasteiger partial charge in [-0.05, 0) is 81.8 Å². The molecule has 2 saturated heterocycles. The molecule has 4 amide bonds. The summed E-state index contributed by atoms with van der Waals surface area (Å²) < 4.78 is 0. The van der Waals surface area contributed by atoms with Gasteiger partial charge in [-0.1, -0.05) is 27.7 Å². The average Bonchev–Trinajstić information content (AvgIpc) is 2.84. The summed E-state index contributed by atoms with van der Waals surface area (Å²) in [4.78, 5) is 41.6. The van der Waals surface area contributed by atoms with Gasteiger partial charge in [0, 0.05) is 6.54 Å². The van der Waals surface area contributed by atoms with Gasteiger partial charge in [0.2, 0.25) is 5.91 Å². The lowest BCUT2D eigenvalue weighted by Crippen LogP contribution is -2.54. The van der Waals surface area contributed by atoms with E-state index in [1.54, 1.807) is 0 Å². The van der Waals surface area contributed by atoms with Crippen LogP contribution in [0.3, 0.4) is 0 Å². The summed E-state index contributed by atoms with van der Waals surface area (Å²) in [5.41, 5.74) is -0.851. The molecule has 7 heteroatoms. The molecular formula is C23H40N4O3. The smallest absolute Gasteiger partial charge is 0.325 e. The number of carbonyl (C=O) groups is 3. The maximum absolute atomic E-state index is 13.1. The zero-order valence-corrected chi connectivity index (χ0v) is 19.3. The Labute approximate surface area is 181 Å². The molecule has 30 heavy (non-hydrogen) atoms. The van der Waals surface area contributed by atoms with E-state index < -0.39 is 11.6 Å². The summed E-state index contributed by atoms with van der Waals surface area (Å²) in [7, 11) is 0. The van der Waals surface area contributed by atoms with E-state index in [4.69, 9.17) is 0 Å². The molecule has 1 saturated carbocycles. The standard InChI is InChI=1S/C23H40N4O3/c1-17-7-11-26(12-8-17)10-6-5-9-24-19(28)15-27-20(29)23(25-21(27)30)14-18(2)13-22(3,4)16-23/h17-18H,5-16H2,1-4H3,(H,24,28)(H,25,30). The third kappa shape index (κ3) is 5.54. The van der Waals surface area contributed by atoms with Crippen molar-refractivity contribution in [3.05, 3.63) is 0 Å². The van der Waals surface area contributed by atoms with Gasteiger partial charge in [-0.15, -0.1) is 0 Å². The van der Waals surface area contributed by atoms with Crippen molar-refractivity contribution in [1.82, 2.24) is 20.4 Å². The van der Waals surface area contributed by atoms with E-state index >= 15 is 0 Å². The Morgan fingerprint density at radius 2 is 1.80 bits per heavy atom. The van der Waals surface area contributed by atoms with E-state index in [1.807, 2.05) is 0 Å². The van der Waals surface area contributed by atoms with Crippen LogP contribution in [0, 0.1) is 17.3 Å². The molecular weight excluding hydrogens is 380 g/mol. The van der Waals surface area contributed by atoms with Crippen molar-refractivity contribution in [2.45, 2.75) is 78.2 Å². The quantitative estimate of drug-likeness (QED) is 0.490. The van der Waals surface area contributed by atoms with Crippen LogP contribution in [0.25, 0.3) is 0 Å². The number of nitrogens with zero attached hydrogens (tertiary/aromatic N) is 2. The summed E-state index contributed by atoms with van der Waals surface area (Å²) in [6.07, 6.45) is 6.83. The number of likely N-dealkylation sites (tertiary alicyclic amines) is 1. The van der Waals surface area contributed by atoms with E-state index in [0.29, 0.717) is 25.3 Å². The van der Waals surface area contributed by atoms with E-state index in [1.165, 1.54) is 25.9 Å². The Morgan fingerprint density at radius 1 is 1.10 bits per heavy atom. The van der Waals surface area contributed by atoms with E-state index in [-0.39, 0.29) is 23.8 Å². The average molecular weight is 421 g/mol. The molecule has 3 fully saturated rings. The van der Waals surface area contributed by atoms with Gasteiger partial charge in [-0.3, -0.25) is 14.5 Å². The highest BCUT2D eigenvalue weighted by Gasteiger charge is 2.56. The third-order valence-electron chi connectivity index (χ3n) is 7.03. The van der Waals surface area contributed by atoms with E-state index in [0.717, 1.165) is 36.6 Å². The minimum Gasteiger partial charge on any atom is -0.355 e. The first kappa shape index (κ1) is 23.0. The molecule has 0 bridgehead atoms. The topological polar surface area (TPSA) is 81.8 Å². The van der Waals surface area contributed by atoms with Gasteiger partial charge in [0.1, 0.15) is 12.1 Å². The number of unbranched alkanes of at least 4 members (excludes halogenated alkanes) is 1. The van der Waals surface area contributed by atoms with Crippen molar-refractivity contribution < 1.29 is 14.4 Å². The lowest BCUT2D eigenvalue weighted by atomic mass is 9.64. The van der Waals surface area contributed by atoms with Crippen LogP contribution in [0.2, 0.25) is 0 Å². The maximum atomic E-state index is 13.1. The fourth-order valence-corrected chi connectivity index (χ4v) is 5.82. The number of urea groups is 1. The number of imide groups is 1. The molecule has 170 valence electrons. The zero-order valence-electron chi connectivity index (χ0n) is 19.3. The van der Waals surface area contributed by atoms with Gasteiger partial charge in [0.05, 0.1) is 0 Å². The summed E-state index contributed by atoms with van der Waals surface area (Å²) >= 11 is 0. The first-order valence-corrected chi connectivity index (χ1v) is 11.7. The fourth-order valence-electron chi connectivity index (χ4n) is 5.82. The largest absolute Gasteiger partial charge is 0.355 e. The van der Waals surface area contributed by atoms with E-state index in [9.17, 15) is 14.4 Å². The van der Waals surface area contributed by atoms with Crippen LogP contribution in [0.1, 0.15) is 72.6 Å². The van der Waals surface area contributed by atoms with Crippen molar-refractivity contribution in [2.75, 3.05) is 32.7 Å². The van der Waals surface area contributed by atoms with Crippen molar-refractivity contribution >= 4 is 17.8 Å². The van der Waals surface area contributed by atoms with Gasteiger partial charge in [-0.2, -0.15) is 0 Å². The molecule has 2 atom stereocenters. The van der Waals surface area contributed by atoms with Crippen LogP contribution in [0.4, 0.5) is 4.79 Å². The Hall–Kier alpha value is -1.63.